The number of thioether (sulfide) groups is 1. The molecule has 0 saturated carbocycles. The van der Waals surface area contributed by atoms with E-state index in [1.165, 1.54) is 13.2 Å². The summed E-state index contributed by atoms with van der Waals surface area (Å²) in [6, 6.07) is 7.35. The summed E-state index contributed by atoms with van der Waals surface area (Å²) in [5.74, 6) is 0.437. The summed E-state index contributed by atoms with van der Waals surface area (Å²) in [4.78, 5) is 22.9. The molecular weight excluding hydrogens is 288 g/mol. The van der Waals surface area contributed by atoms with Crippen molar-refractivity contribution in [1.82, 2.24) is 0 Å². The molecule has 0 radical (unpaired) electrons. The van der Waals surface area contributed by atoms with Crippen LogP contribution in [0.25, 0.3) is 11.0 Å². The van der Waals surface area contributed by atoms with Crippen LogP contribution in [0.3, 0.4) is 0 Å². The van der Waals surface area contributed by atoms with Crippen molar-refractivity contribution in [3.05, 3.63) is 45.8 Å². The van der Waals surface area contributed by atoms with Crippen molar-refractivity contribution in [3.8, 4) is 0 Å². The van der Waals surface area contributed by atoms with E-state index in [-0.39, 0.29) is 16.8 Å². The van der Waals surface area contributed by atoms with E-state index in [2.05, 4.69) is 4.74 Å². The smallest absolute Gasteiger partial charge is 0.336 e. The number of hydrogen-bond donors (Lipinski definition) is 0. The lowest BCUT2D eigenvalue weighted by Gasteiger charge is -2.11. The van der Waals surface area contributed by atoms with Crippen LogP contribution in [0.5, 0.6) is 0 Å². The third kappa shape index (κ3) is 4.11. The maximum atomic E-state index is 11.6. The van der Waals surface area contributed by atoms with Gasteiger partial charge in [-0.2, -0.15) is 11.8 Å². The van der Waals surface area contributed by atoms with Crippen molar-refractivity contribution in [1.29, 1.82) is 0 Å². The zero-order valence-electron chi connectivity index (χ0n) is 12.3. The number of rotatable bonds is 5. The van der Waals surface area contributed by atoms with Crippen molar-refractivity contribution in [2.45, 2.75) is 31.3 Å². The zero-order valence-corrected chi connectivity index (χ0v) is 13.2. The fraction of sp³-hybridized carbons (Fsp3) is 0.375. The second-order valence-corrected chi connectivity index (χ2v) is 6.42. The highest BCUT2D eigenvalue weighted by Gasteiger charge is 2.12. The summed E-state index contributed by atoms with van der Waals surface area (Å²) in [6.07, 6.45) is 0.361. The van der Waals surface area contributed by atoms with Gasteiger partial charge in [0.2, 0.25) is 0 Å². The van der Waals surface area contributed by atoms with Crippen LogP contribution in [-0.4, -0.2) is 18.3 Å². The highest BCUT2D eigenvalue weighted by atomic mass is 32.2. The number of methoxy groups -OCH3 is 1. The predicted molar refractivity (Wildman–Crippen MR) is 84.6 cm³/mol. The molecule has 0 spiro atoms. The highest BCUT2D eigenvalue weighted by Crippen LogP contribution is 2.25. The first kappa shape index (κ1) is 15.6. The van der Waals surface area contributed by atoms with Gasteiger partial charge in [-0.15, -0.1) is 0 Å². The fourth-order valence-corrected chi connectivity index (χ4v) is 3.02. The van der Waals surface area contributed by atoms with E-state index in [1.54, 1.807) is 11.8 Å². The van der Waals surface area contributed by atoms with Crippen molar-refractivity contribution in [2.75, 3.05) is 7.11 Å². The number of benzene rings is 1. The highest BCUT2D eigenvalue weighted by molar-refractivity contribution is 7.99. The van der Waals surface area contributed by atoms with Crippen LogP contribution in [0.4, 0.5) is 0 Å². The van der Waals surface area contributed by atoms with Gasteiger partial charge in [0.25, 0.3) is 0 Å². The average molecular weight is 306 g/mol. The second-order valence-electron chi connectivity index (χ2n) is 4.99. The summed E-state index contributed by atoms with van der Waals surface area (Å²) < 4.78 is 9.89. The average Bonchev–Trinajstić information content (AvgIpc) is 2.43. The Labute approximate surface area is 127 Å². The van der Waals surface area contributed by atoms with Crippen molar-refractivity contribution >= 4 is 28.7 Å². The lowest BCUT2D eigenvalue weighted by atomic mass is 10.1. The number of fused-ring (bicyclic) bond motifs is 1. The molecule has 0 fully saturated rings. The molecule has 5 heteroatoms. The first-order valence-electron chi connectivity index (χ1n) is 6.71. The normalized spacial score (nSPS) is 12.3. The molecule has 4 nitrogen and oxygen atoms in total. The Kier molecular flexibility index (Phi) is 5.07. The molecule has 21 heavy (non-hydrogen) atoms. The van der Waals surface area contributed by atoms with Gasteiger partial charge in [0.15, 0.2) is 0 Å². The lowest BCUT2D eigenvalue weighted by Crippen LogP contribution is -2.09. The standard InChI is InChI=1S/C16H18O4S/c1-10-4-5-13-12(8-16(18)20-14(13)6-10)9-21-11(2)7-15(17)19-3/h4-6,8,11H,7,9H2,1-3H3. The van der Waals surface area contributed by atoms with E-state index in [0.29, 0.717) is 17.8 Å². The van der Waals surface area contributed by atoms with Gasteiger partial charge in [0.1, 0.15) is 5.58 Å². The quantitative estimate of drug-likeness (QED) is 0.627. The molecule has 0 N–H and O–H groups in total. The van der Waals surface area contributed by atoms with E-state index >= 15 is 0 Å². The molecule has 112 valence electrons. The number of carbonyl (C=O) groups is 1. The Hall–Kier alpha value is -1.75. The Balaban J connectivity index is 2.18. The molecule has 0 aliphatic rings. The van der Waals surface area contributed by atoms with Gasteiger partial charge in [-0.25, -0.2) is 4.79 Å². The molecule has 2 aromatic rings. The van der Waals surface area contributed by atoms with Crippen LogP contribution in [0, 0.1) is 6.92 Å². The molecular formula is C16H18O4S. The molecule has 0 aliphatic heterocycles. The molecule has 1 aromatic carbocycles. The van der Waals surface area contributed by atoms with Crippen LogP contribution < -0.4 is 5.63 Å². The van der Waals surface area contributed by atoms with Gasteiger partial charge in [-0.3, -0.25) is 4.79 Å². The zero-order chi connectivity index (χ0) is 15.4. The minimum Gasteiger partial charge on any atom is -0.469 e. The molecule has 1 atom stereocenters. The first-order chi connectivity index (χ1) is 9.99. The summed E-state index contributed by atoms with van der Waals surface area (Å²) in [5.41, 5.74) is 2.25. The number of hydrogen-bond acceptors (Lipinski definition) is 5. The number of ether oxygens (including phenoxy) is 1. The maximum absolute atomic E-state index is 11.6. The summed E-state index contributed by atoms with van der Waals surface area (Å²) in [5, 5.41) is 1.07. The number of aryl methyl sites for hydroxylation is 1. The molecule has 2 rings (SSSR count). The Bertz CT molecular complexity index is 705. The first-order valence-corrected chi connectivity index (χ1v) is 7.76. The van der Waals surface area contributed by atoms with Crippen LogP contribution in [0.15, 0.2) is 33.5 Å². The summed E-state index contributed by atoms with van der Waals surface area (Å²) in [7, 11) is 1.39. The van der Waals surface area contributed by atoms with Crippen LogP contribution in [0.1, 0.15) is 24.5 Å². The van der Waals surface area contributed by atoms with Crippen LogP contribution >= 0.6 is 11.8 Å². The van der Waals surface area contributed by atoms with E-state index in [9.17, 15) is 9.59 Å². The minimum atomic E-state index is -0.343. The van der Waals surface area contributed by atoms with Crippen LogP contribution in [0.2, 0.25) is 0 Å². The van der Waals surface area contributed by atoms with Gasteiger partial charge in [-0.05, 0) is 24.1 Å². The predicted octanol–water partition coefficient (Wildman–Crippen LogP) is 3.29. The molecule has 1 heterocycles. The summed E-state index contributed by atoms with van der Waals surface area (Å²) in [6.45, 7) is 3.93. The van der Waals surface area contributed by atoms with Crippen molar-refractivity contribution in [3.63, 3.8) is 0 Å². The van der Waals surface area contributed by atoms with Gasteiger partial charge in [-0.1, -0.05) is 19.1 Å². The SMILES string of the molecule is COC(=O)CC(C)SCc1cc(=O)oc2cc(C)ccc12. The topological polar surface area (TPSA) is 56.5 Å². The van der Waals surface area contributed by atoms with Gasteiger partial charge in [0, 0.05) is 22.5 Å². The number of carbonyl (C=O) groups excluding carboxylic acids is 1. The van der Waals surface area contributed by atoms with Crippen molar-refractivity contribution < 1.29 is 13.9 Å². The fourth-order valence-electron chi connectivity index (χ4n) is 2.07. The van der Waals surface area contributed by atoms with E-state index in [1.807, 2.05) is 32.0 Å². The third-order valence-corrected chi connectivity index (χ3v) is 4.40. The third-order valence-electron chi connectivity index (χ3n) is 3.19. The van der Waals surface area contributed by atoms with Crippen LogP contribution in [-0.2, 0) is 15.3 Å². The molecule has 0 saturated heterocycles. The minimum absolute atomic E-state index is 0.130. The Morgan fingerprint density at radius 1 is 1.38 bits per heavy atom. The van der Waals surface area contributed by atoms with Gasteiger partial charge < -0.3 is 9.15 Å². The summed E-state index contributed by atoms with van der Waals surface area (Å²) >= 11 is 1.62. The van der Waals surface area contributed by atoms with E-state index in [4.69, 9.17) is 4.42 Å². The lowest BCUT2D eigenvalue weighted by molar-refractivity contribution is -0.140. The Morgan fingerprint density at radius 2 is 2.14 bits per heavy atom. The van der Waals surface area contributed by atoms with Gasteiger partial charge in [0.05, 0.1) is 13.5 Å². The monoisotopic (exact) mass is 306 g/mol. The molecule has 0 bridgehead atoms. The second kappa shape index (κ2) is 6.80. The number of esters is 1. The van der Waals surface area contributed by atoms with E-state index in [0.717, 1.165) is 16.5 Å². The Morgan fingerprint density at radius 3 is 2.86 bits per heavy atom. The molecule has 0 amide bonds. The van der Waals surface area contributed by atoms with Crippen molar-refractivity contribution in [2.24, 2.45) is 0 Å². The molecule has 1 aromatic heterocycles. The molecule has 1 unspecified atom stereocenters. The van der Waals surface area contributed by atoms with Gasteiger partial charge >= 0.3 is 11.6 Å². The largest absolute Gasteiger partial charge is 0.469 e. The van der Waals surface area contributed by atoms with E-state index < -0.39 is 0 Å². The maximum Gasteiger partial charge on any atom is 0.336 e. The molecule has 0 aliphatic carbocycles.